The zero-order valence-electron chi connectivity index (χ0n) is 16.8. The molecule has 0 aliphatic carbocycles. The van der Waals surface area contributed by atoms with Gasteiger partial charge in [0.1, 0.15) is 11.6 Å². The Bertz CT molecular complexity index is 1190. The van der Waals surface area contributed by atoms with Crippen LogP contribution in [0.3, 0.4) is 0 Å². The van der Waals surface area contributed by atoms with Crippen LogP contribution < -0.4 is 0 Å². The molecule has 3 nitrogen and oxygen atoms in total. The summed E-state index contributed by atoms with van der Waals surface area (Å²) in [6.45, 7) is 1.69. The van der Waals surface area contributed by atoms with Gasteiger partial charge in [0.25, 0.3) is 0 Å². The summed E-state index contributed by atoms with van der Waals surface area (Å²) in [6, 6.07) is 17.8. The Hall–Kier alpha value is -3.45. The van der Waals surface area contributed by atoms with E-state index in [1.54, 1.807) is 24.3 Å². The van der Waals surface area contributed by atoms with Crippen LogP contribution in [0.25, 0.3) is 0 Å². The van der Waals surface area contributed by atoms with Gasteiger partial charge in [0.05, 0.1) is 18.0 Å². The third kappa shape index (κ3) is 6.26. The molecule has 0 fully saturated rings. The average Bonchev–Trinajstić information content (AvgIpc) is 2.75. The minimum absolute atomic E-state index is 0.0916. The van der Waals surface area contributed by atoms with Gasteiger partial charge in [0.15, 0.2) is 0 Å². The topological polar surface area (TPSA) is 37.4 Å². The highest BCUT2D eigenvalue weighted by Gasteiger charge is 2.22. The molecule has 0 aliphatic heterocycles. The van der Waals surface area contributed by atoms with Gasteiger partial charge < -0.3 is 0 Å². The van der Waals surface area contributed by atoms with E-state index in [0.29, 0.717) is 11.1 Å². The van der Waals surface area contributed by atoms with Crippen LogP contribution in [-0.2, 0) is 10.0 Å². The molecule has 3 aromatic carbocycles. The second kappa shape index (κ2) is 10.0. The lowest BCUT2D eigenvalue weighted by atomic mass is 10.2. The van der Waals surface area contributed by atoms with Gasteiger partial charge in [0.2, 0.25) is 10.0 Å². The number of hydrogen-bond donors (Lipinski definition) is 0. The van der Waals surface area contributed by atoms with Crippen LogP contribution in [0.15, 0.2) is 77.7 Å². The number of sulfonamides is 1. The van der Waals surface area contributed by atoms with E-state index < -0.39 is 10.0 Å². The summed E-state index contributed by atoms with van der Waals surface area (Å²) in [7, 11) is -3.83. The number of hydrogen-bond acceptors (Lipinski definition) is 2. The van der Waals surface area contributed by atoms with Crippen LogP contribution in [0.1, 0.15) is 16.7 Å². The lowest BCUT2D eigenvalue weighted by Gasteiger charge is -2.17. The molecule has 0 heterocycles. The quantitative estimate of drug-likeness (QED) is 0.571. The van der Waals surface area contributed by atoms with Crippen molar-refractivity contribution in [3.05, 3.63) is 101 Å². The van der Waals surface area contributed by atoms with E-state index in [2.05, 4.69) is 23.7 Å². The minimum Gasteiger partial charge on any atom is -0.207 e. The van der Waals surface area contributed by atoms with Crippen LogP contribution in [0.2, 0.25) is 0 Å². The molecule has 0 unspecified atom stereocenters. The van der Waals surface area contributed by atoms with E-state index in [1.807, 2.05) is 6.92 Å². The minimum atomic E-state index is -3.83. The van der Waals surface area contributed by atoms with Crippen molar-refractivity contribution < 1.29 is 17.2 Å². The molecule has 0 saturated heterocycles. The van der Waals surface area contributed by atoms with E-state index in [9.17, 15) is 17.2 Å². The van der Waals surface area contributed by atoms with Gasteiger partial charge in [-0.25, -0.2) is 17.2 Å². The molecule has 0 N–H and O–H groups in total. The SMILES string of the molecule is Cc1ccc(S(=O)(=O)N(CC#Cc2ccc(F)cc2)CC#Cc2ccc(F)cc2)cc1. The molecule has 6 heteroatoms. The van der Waals surface area contributed by atoms with Gasteiger partial charge in [0, 0.05) is 11.1 Å². The fourth-order valence-corrected chi connectivity index (χ4v) is 3.86. The maximum absolute atomic E-state index is 13.1. The largest absolute Gasteiger partial charge is 0.244 e. The number of halogens is 2. The fourth-order valence-electron chi connectivity index (χ4n) is 2.61. The molecule has 0 amide bonds. The Morgan fingerprint density at radius 2 is 1.13 bits per heavy atom. The van der Waals surface area contributed by atoms with Gasteiger partial charge in [-0.2, -0.15) is 4.31 Å². The predicted molar refractivity (Wildman–Crippen MR) is 116 cm³/mol. The van der Waals surface area contributed by atoms with Gasteiger partial charge in [-0.05, 0) is 67.6 Å². The number of rotatable bonds is 4. The Labute approximate surface area is 181 Å². The van der Waals surface area contributed by atoms with Crippen LogP contribution >= 0.6 is 0 Å². The highest BCUT2D eigenvalue weighted by Crippen LogP contribution is 2.16. The lowest BCUT2D eigenvalue weighted by Crippen LogP contribution is -2.32. The number of aryl methyl sites for hydroxylation is 1. The van der Waals surface area contributed by atoms with Crippen molar-refractivity contribution >= 4 is 10.0 Å². The van der Waals surface area contributed by atoms with Crippen LogP contribution in [0.4, 0.5) is 8.78 Å². The van der Waals surface area contributed by atoms with Crippen molar-refractivity contribution in [1.82, 2.24) is 4.31 Å². The summed E-state index contributed by atoms with van der Waals surface area (Å²) in [5, 5.41) is 0. The molecule has 0 spiro atoms. The predicted octanol–water partition coefficient (Wildman–Crippen LogP) is 4.37. The first kappa shape index (κ1) is 22.2. The maximum Gasteiger partial charge on any atom is 0.244 e. The molecule has 0 radical (unpaired) electrons. The van der Waals surface area contributed by atoms with Crippen molar-refractivity contribution in [2.45, 2.75) is 11.8 Å². The molecule has 3 rings (SSSR count). The molecule has 0 aliphatic rings. The van der Waals surface area contributed by atoms with E-state index in [0.717, 1.165) is 5.56 Å². The zero-order chi connectivity index (χ0) is 22.3. The Morgan fingerprint density at radius 1 is 0.710 bits per heavy atom. The Kier molecular flexibility index (Phi) is 7.20. The number of benzene rings is 3. The zero-order valence-corrected chi connectivity index (χ0v) is 17.6. The first-order valence-electron chi connectivity index (χ1n) is 9.40. The summed E-state index contributed by atoms with van der Waals surface area (Å²) in [5.74, 6) is 10.6. The third-order valence-corrected chi connectivity index (χ3v) is 6.13. The van der Waals surface area contributed by atoms with E-state index in [1.165, 1.54) is 52.8 Å². The molecule has 0 bridgehead atoms. The normalized spacial score (nSPS) is 10.7. The number of nitrogens with zero attached hydrogens (tertiary/aromatic N) is 1. The molecule has 31 heavy (non-hydrogen) atoms. The summed E-state index contributed by atoms with van der Waals surface area (Å²) in [4.78, 5) is 0.144. The Balaban J connectivity index is 1.85. The molecule has 0 saturated carbocycles. The van der Waals surface area contributed by atoms with E-state index in [-0.39, 0.29) is 29.6 Å². The maximum atomic E-state index is 13.1. The second-order valence-corrected chi connectivity index (χ2v) is 8.64. The van der Waals surface area contributed by atoms with Crippen molar-refractivity contribution in [3.63, 3.8) is 0 Å². The summed E-state index contributed by atoms with van der Waals surface area (Å²) in [6.07, 6.45) is 0. The summed E-state index contributed by atoms with van der Waals surface area (Å²) < 4.78 is 53.5. The molecule has 0 atom stereocenters. The van der Waals surface area contributed by atoms with Crippen LogP contribution in [0, 0.1) is 42.2 Å². The standard InChI is InChI=1S/C25H19F2NO2S/c1-20-6-16-25(17-7-20)31(29,30)28(18-2-4-21-8-12-23(26)13-9-21)19-3-5-22-10-14-24(27)15-11-22/h6-17H,18-19H2,1H3. The molecular weight excluding hydrogens is 416 g/mol. The van der Waals surface area contributed by atoms with Crippen molar-refractivity contribution in [2.24, 2.45) is 0 Å². The lowest BCUT2D eigenvalue weighted by molar-refractivity contribution is 0.482. The second-order valence-electron chi connectivity index (χ2n) is 6.70. The third-order valence-electron chi connectivity index (χ3n) is 4.32. The monoisotopic (exact) mass is 435 g/mol. The van der Waals surface area contributed by atoms with Gasteiger partial charge in [-0.15, -0.1) is 0 Å². The average molecular weight is 435 g/mol. The fraction of sp³-hybridized carbons (Fsp3) is 0.120. The van der Waals surface area contributed by atoms with Gasteiger partial charge in [-0.3, -0.25) is 0 Å². The van der Waals surface area contributed by atoms with E-state index >= 15 is 0 Å². The first-order chi connectivity index (χ1) is 14.8. The Morgan fingerprint density at radius 3 is 1.55 bits per heavy atom. The van der Waals surface area contributed by atoms with Crippen LogP contribution in [0.5, 0.6) is 0 Å². The van der Waals surface area contributed by atoms with Crippen molar-refractivity contribution in [1.29, 1.82) is 0 Å². The molecule has 3 aromatic rings. The first-order valence-corrected chi connectivity index (χ1v) is 10.8. The van der Waals surface area contributed by atoms with Gasteiger partial charge in [-0.1, -0.05) is 41.4 Å². The van der Waals surface area contributed by atoms with E-state index in [4.69, 9.17) is 0 Å². The van der Waals surface area contributed by atoms with Crippen molar-refractivity contribution in [2.75, 3.05) is 13.1 Å². The van der Waals surface area contributed by atoms with Crippen molar-refractivity contribution in [3.8, 4) is 23.7 Å². The molecular formula is C25H19F2NO2S. The highest BCUT2D eigenvalue weighted by atomic mass is 32.2. The summed E-state index contributed by atoms with van der Waals surface area (Å²) in [5.41, 5.74) is 2.09. The van der Waals surface area contributed by atoms with Gasteiger partial charge >= 0.3 is 0 Å². The summed E-state index contributed by atoms with van der Waals surface area (Å²) >= 11 is 0. The molecule has 0 aromatic heterocycles. The smallest absolute Gasteiger partial charge is 0.207 e. The highest BCUT2D eigenvalue weighted by molar-refractivity contribution is 7.89. The van der Waals surface area contributed by atoms with Crippen LogP contribution in [-0.4, -0.2) is 25.8 Å². The molecule has 156 valence electrons.